The molecule has 0 bridgehead atoms. The molecule has 0 aliphatic rings. The van der Waals surface area contributed by atoms with Crippen molar-refractivity contribution in [2.45, 2.75) is 46.5 Å². The molecule has 0 aromatic carbocycles. The van der Waals surface area contributed by atoms with E-state index in [1.807, 2.05) is 0 Å². The van der Waals surface area contributed by atoms with Gasteiger partial charge in [0.15, 0.2) is 0 Å². The average Bonchev–Trinajstić information content (AvgIpc) is 2.01. The van der Waals surface area contributed by atoms with Gasteiger partial charge in [-0.3, -0.25) is 0 Å². The molecule has 0 spiro atoms. The first-order chi connectivity index (χ1) is 5.24. The van der Waals surface area contributed by atoms with Crippen molar-refractivity contribution in [2.24, 2.45) is 11.8 Å². The van der Waals surface area contributed by atoms with E-state index in [9.17, 15) is 0 Å². The lowest BCUT2D eigenvalue weighted by molar-refractivity contribution is 0.387. The minimum atomic E-state index is 0.748. The normalized spacial score (nSPS) is 16.4. The molecule has 2 unspecified atom stereocenters. The maximum Gasteiger partial charge on any atom is 0.0251 e. The maximum absolute atomic E-state index is 5.81. The second-order valence-electron chi connectivity index (χ2n) is 3.56. The van der Waals surface area contributed by atoms with Crippen LogP contribution in [0.4, 0.5) is 0 Å². The summed E-state index contributed by atoms with van der Waals surface area (Å²) in [6.45, 7) is 6.81. The Morgan fingerprint density at radius 1 is 1.27 bits per heavy atom. The lowest BCUT2D eigenvalue weighted by Gasteiger charge is -2.16. The Morgan fingerprint density at radius 3 is 2.27 bits per heavy atom. The predicted octanol–water partition coefficient (Wildman–Crippen LogP) is 4.08. The third-order valence-electron chi connectivity index (χ3n) is 2.31. The van der Waals surface area contributed by atoms with E-state index in [0.717, 1.165) is 17.7 Å². The molecule has 0 saturated heterocycles. The van der Waals surface area contributed by atoms with Gasteiger partial charge >= 0.3 is 0 Å². The van der Waals surface area contributed by atoms with Crippen LogP contribution in [0.5, 0.6) is 0 Å². The highest BCUT2D eigenvalue weighted by molar-refractivity contribution is 6.18. The molecule has 0 aromatic heterocycles. The van der Waals surface area contributed by atoms with Gasteiger partial charge in [-0.2, -0.15) is 0 Å². The number of hydrogen-bond acceptors (Lipinski definition) is 0. The Hall–Kier alpha value is 0.290. The lowest BCUT2D eigenvalue weighted by atomic mass is 9.92. The van der Waals surface area contributed by atoms with E-state index >= 15 is 0 Å². The van der Waals surface area contributed by atoms with Crippen LogP contribution in [-0.2, 0) is 0 Å². The van der Waals surface area contributed by atoms with Gasteiger partial charge in [0.05, 0.1) is 0 Å². The molecular weight excluding hydrogens is 156 g/mol. The van der Waals surface area contributed by atoms with E-state index in [0.29, 0.717) is 0 Å². The van der Waals surface area contributed by atoms with E-state index in [2.05, 4.69) is 20.8 Å². The molecule has 0 fully saturated rings. The van der Waals surface area contributed by atoms with Gasteiger partial charge < -0.3 is 0 Å². The van der Waals surface area contributed by atoms with Crippen molar-refractivity contribution in [1.29, 1.82) is 0 Å². The second-order valence-corrected chi connectivity index (χ2v) is 3.87. The van der Waals surface area contributed by atoms with E-state index in [1.165, 1.54) is 25.7 Å². The van der Waals surface area contributed by atoms with Crippen LogP contribution in [0.15, 0.2) is 0 Å². The summed E-state index contributed by atoms with van der Waals surface area (Å²) in [5.41, 5.74) is 0. The molecule has 0 nitrogen and oxygen atoms in total. The summed E-state index contributed by atoms with van der Waals surface area (Å²) in [7, 11) is 0. The fourth-order valence-corrected chi connectivity index (χ4v) is 1.86. The lowest BCUT2D eigenvalue weighted by Crippen LogP contribution is -2.06. The molecule has 68 valence electrons. The van der Waals surface area contributed by atoms with Crippen LogP contribution in [0.1, 0.15) is 46.5 Å². The summed E-state index contributed by atoms with van der Waals surface area (Å²) in [5, 5.41) is 0. The molecule has 0 saturated carbocycles. The number of rotatable bonds is 6. The average molecular weight is 177 g/mol. The SMILES string of the molecule is CCCC(C)CC(CC)CCl. The fourth-order valence-electron chi connectivity index (χ4n) is 1.52. The van der Waals surface area contributed by atoms with Crippen molar-refractivity contribution in [3.63, 3.8) is 0 Å². The van der Waals surface area contributed by atoms with Gasteiger partial charge in [0, 0.05) is 5.88 Å². The van der Waals surface area contributed by atoms with Crippen molar-refractivity contribution in [2.75, 3.05) is 5.88 Å². The number of hydrogen-bond donors (Lipinski definition) is 0. The van der Waals surface area contributed by atoms with E-state index in [-0.39, 0.29) is 0 Å². The van der Waals surface area contributed by atoms with Crippen LogP contribution < -0.4 is 0 Å². The van der Waals surface area contributed by atoms with E-state index in [4.69, 9.17) is 11.6 Å². The van der Waals surface area contributed by atoms with Crippen LogP contribution in [0.25, 0.3) is 0 Å². The minimum absolute atomic E-state index is 0.748. The Kier molecular flexibility index (Phi) is 7.15. The van der Waals surface area contributed by atoms with Crippen molar-refractivity contribution in [3.05, 3.63) is 0 Å². The molecular formula is C10H21Cl. The molecule has 11 heavy (non-hydrogen) atoms. The summed E-state index contributed by atoms with van der Waals surface area (Å²) < 4.78 is 0. The summed E-state index contributed by atoms with van der Waals surface area (Å²) in [5.74, 6) is 2.45. The zero-order valence-corrected chi connectivity index (χ0v) is 8.82. The first-order valence-corrected chi connectivity index (χ1v) is 5.33. The predicted molar refractivity (Wildman–Crippen MR) is 53.2 cm³/mol. The second kappa shape index (κ2) is 6.97. The number of halogens is 1. The van der Waals surface area contributed by atoms with Gasteiger partial charge in [-0.1, -0.05) is 40.0 Å². The molecule has 0 aliphatic heterocycles. The summed E-state index contributed by atoms with van der Waals surface area (Å²) in [6, 6.07) is 0. The zero-order valence-electron chi connectivity index (χ0n) is 8.07. The fraction of sp³-hybridized carbons (Fsp3) is 1.00. The Labute approximate surface area is 76.3 Å². The van der Waals surface area contributed by atoms with Gasteiger partial charge in [0.25, 0.3) is 0 Å². The standard InChI is InChI=1S/C10H21Cl/c1-4-6-9(3)7-10(5-2)8-11/h9-10H,4-8H2,1-3H3. The molecule has 0 amide bonds. The third-order valence-corrected chi connectivity index (χ3v) is 2.75. The summed E-state index contributed by atoms with van der Waals surface area (Å²) >= 11 is 5.81. The highest BCUT2D eigenvalue weighted by Crippen LogP contribution is 2.20. The van der Waals surface area contributed by atoms with Gasteiger partial charge in [0.1, 0.15) is 0 Å². The topological polar surface area (TPSA) is 0 Å². The molecule has 1 heteroatoms. The van der Waals surface area contributed by atoms with Gasteiger partial charge in [-0.15, -0.1) is 11.6 Å². The minimum Gasteiger partial charge on any atom is -0.126 e. The zero-order chi connectivity index (χ0) is 8.69. The first-order valence-electron chi connectivity index (χ1n) is 4.80. The Morgan fingerprint density at radius 2 is 1.91 bits per heavy atom. The largest absolute Gasteiger partial charge is 0.126 e. The molecule has 0 aliphatic carbocycles. The smallest absolute Gasteiger partial charge is 0.0251 e. The Bertz CT molecular complexity index is 76.9. The van der Waals surface area contributed by atoms with Crippen LogP contribution in [0.2, 0.25) is 0 Å². The molecule has 0 rings (SSSR count). The van der Waals surface area contributed by atoms with Crippen molar-refractivity contribution in [1.82, 2.24) is 0 Å². The molecule has 0 heterocycles. The first kappa shape index (κ1) is 11.3. The number of alkyl halides is 1. The summed E-state index contributed by atoms with van der Waals surface area (Å²) in [4.78, 5) is 0. The molecule has 0 N–H and O–H groups in total. The monoisotopic (exact) mass is 176 g/mol. The highest BCUT2D eigenvalue weighted by atomic mass is 35.5. The highest BCUT2D eigenvalue weighted by Gasteiger charge is 2.09. The third kappa shape index (κ3) is 5.55. The maximum atomic E-state index is 5.81. The van der Waals surface area contributed by atoms with Crippen LogP contribution >= 0.6 is 11.6 Å². The van der Waals surface area contributed by atoms with Crippen molar-refractivity contribution < 1.29 is 0 Å². The van der Waals surface area contributed by atoms with Gasteiger partial charge in [-0.05, 0) is 18.3 Å². The van der Waals surface area contributed by atoms with Crippen molar-refractivity contribution in [3.8, 4) is 0 Å². The van der Waals surface area contributed by atoms with E-state index in [1.54, 1.807) is 0 Å². The quantitative estimate of drug-likeness (QED) is 0.535. The summed E-state index contributed by atoms with van der Waals surface area (Å²) in [6.07, 6.45) is 5.21. The molecule has 0 radical (unpaired) electrons. The van der Waals surface area contributed by atoms with Gasteiger partial charge in [0.2, 0.25) is 0 Å². The van der Waals surface area contributed by atoms with Crippen LogP contribution in [-0.4, -0.2) is 5.88 Å². The van der Waals surface area contributed by atoms with Crippen LogP contribution in [0, 0.1) is 11.8 Å². The molecule has 2 atom stereocenters. The van der Waals surface area contributed by atoms with Crippen LogP contribution in [0.3, 0.4) is 0 Å². The van der Waals surface area contributed by atoms with Crippen molar-refractivity contribution >= 4 is 11.6 Å². The van der Waals surface area contributed by atoms with E-state index < -0.39 is 0 Å². The molecule has 0 aromatic rings. The van der Waals surface area contributed by atoms with Gasteiger partial charge in [-0.25, -0.2) is 0 Å². The Balaban J connectivity index is 3.44.